The fourth-order valence-electron chi connectivity index (χ4n) is 1.05. The number of hydrogen-bond acceptors (Lipinski definition) is 6. The standard InChI is InChI=1S/C8H13BrN4O3S/c1-16-7-6(9)5-12-8(13-7)11-3-2-4-17(10,14)15/h5H,2-4H2,1H3,(H2,10,14,15)(H,11,12,13). The van der Waals surface area contributed by atoms with E-state index in [-0.39, 0.29) is 5.75 Å². The molecule has 0 saturated heterocycles. The molecule has 0 bridgehead atoms. The summed E-state index contributed by atoms with van der Waals surface area (Å²) in [6.45, 7) is 0.418. The third kappa shape index (κ3) is 5.29. The van der Waals surface area contributed by atoms with E-state index in [9.17, 15) is 8.42 Å². The molecule has 0 unspecified atom stereocenters. The summed E-state index contributed by atoms with van der Waals surface area (Å²) >= 11 is 3.22. The molecule has 0 aliphatic rings. The zero-order chi connectivity index (χ0) is 12.9. The van der Waals surface area contributed by atoms with E-state index < -0.39 is 10.0 Å². The van der Waals surface area contributed by atoms with Crippen LogP contribution < -0.4 is 15.2 Å². The first-order chi connectivity index (χ1) is 7.92. The van der Waals surface area contributed by atoms with Gasteiger partial charge in [0.2, 0.25) is 21.9 Å². The van der Waals surface area contributed by atoms with Gasteiger partial charge in [-0.1, -0.05) is 0 Å². The van der Waals surface area contributed by atoms with E-state index in [1.54, 1.807) is 6.20 Å². The molecule has 17 heavy (non-hydrogen) atoms. The summed E-state index contributed by atoms with van der Waals surface area (Å²) in [6.07, 6.45) is 1.94. The molecule has 0 aliphatic heterocycles. The Morgan fingerprint density at radius 2 is 2.29 bits per heavy atom. The Morgan fingerprint density at radius 3 is 2.88 bits per heavy atom. The lowest BCUT2D eigenvalue weighted by atomic mass is 10.5. The molecule has 0 saturated carbocycles. The normalized spacial score (nSPS) is 11.2. The van der Waals surface area contributed by atoms with Crippen molar-refractivity contribution >= 4 is 31.9 Å². The zero-order valence-electron chi connectivity index (χ0n) is 9.18. The third-order valence-corrected chi connectivity index (χ3v) is 3.20. The highest BCUT2D eigenvalue weighted by Gasteiger charge is 2.05. The Bertz CT molecular complexity index is 480. The molecular weight excluding hydrogens is 312 g/mol. The largest absolute Gasteiger partial charge is 0.480 e. The molecule has 0 aliphatic carbocycles. The van der Waals surface area contributed by atoms with E-state index in [0.717, 1.165) is 0 Å². The Kier molecular flexibility index (Phi) is 5.09. The first-order valence-electron chi connectivity index (χ1n) is 4.73. The summed E-state index contributed by atoms with van der Waals surface area (Å²) in [4.78, 5) is 8.04. The number of hydrogen-bond donors (Lipinski definition) is 2. The van der Waals surface area contributed by atoms with Gasteiger partial charge in [-0.05, 0) is 22.4 Å². The van der Waals surface area contributed by atoms with Gasteiger partial charge in [0.05, 0.1) is 23.5 Å². The van der Waals surface area contributed by atoms with Crippen molar-refractivity contribution in [1.29, 1.82) is 0 Å². The predicted octanol–water partition coefficient (Wildman–Crippen LogP) is 0.338. The van der Waals surface area contributed by atoms with Crippen molar-refractivity contribution in [3.05, 3.63) is 10.7 Å². The molecule has 0 radical (unpaired) electrons. The maximum absolute atomic E-state index is 10.7. The van der Waals surface area contributed by atoms with Gasteiger partial charge in [0.15, 0.2) is 0 Å². The molecule has 0 aromatic carbocycles. The lowest BCUT2D eigenvalue weighted by molar-refractivity contribution is 0.394. The van der Waals surface area contributed by atoms with Gasteiger partial charge in [0.25, 0.3) is 0 Å². The number of sulfonamides is 1. The minimum atomic E-state index is -3.41. The number of rotatable bonds is 6. The van der Waals surface area contributed by atoms with Gasteiger partial charge in [0, 0.05) is 6.54 Å². The van der Waals surface area contributed by atoms with Crippen LogP contribution in [0.15, 0.2) is 10.7 Å². The molecule has 1 rings (SSSR count). The summed E-state index contributed by atoms with van der Waals surface area (Å²) in [5, 5.41) is 7.74. The lowest BCUT2D eigenvalue weighted by Gasteiger charge is -2.06. The Hall–Kier alpha value is -0.930. The van der Waals surface area contributed by atoms with Crippen molar-refractivity contribution < 1.29 is 13.2 Å². The second-order valence-corrected chi connectivity index (χ2v) is 5.79. The van der Waals surface area contributed by atoms with E-state index >= 15 is 0 Å². The quantitative estimate of drug-likeness (QED) is 0.730. The average Bonchev–Trinajstić information content (AvgIpc) is 2.25. The van der Waals surface area contributed by atoms with Crippen LogP contribution in [-0.4, -0.2) is 37.8 Å². The number of anilines is 1. The van der Waals surface area contributed by atoms with Crippen LogP contribution in [0.4, 0.5) is 5.95 Å². The van der Waals surface area contributed by atoms with Crippen molar-refractivity contribution in [3.8, 4) is 5.88 Å². The number of nitrogens with one attached hydrogen (secondary N) is 1. The van der Waals surface area contributed by atoms with E-state index in [2.05, 4.69) is 31.2 Å². The molecule has 9 heteroatoms. The number of halogens is 1. The Labute approximate surface area is 108 Å². The highest BCUT2D eigenvalue weighted by atomic mass is 79.9. The lowest BCUT2D eigenvalue weighted by Crippen LogP contribution is -2.19. The fraction of sp³-hybridized carbons (Fsp3) is 0.500. The number of nitrogens with zero attached hydrogens (tertiary/aromatic N) is 2. The first kappa shape index (κ1) is 14.1. The minimum absolute atomic E-state index is 0.0757. The van der Waals surface area contributed by atoms with Crippen molar-refractivity contribution in [2.75, 3.05) is 24.7 Å². The second-order valence-electron chi connectivity index (χ2n) is 3.20. The van der Waals surface area contributed by atoms with Gasteiger partial charge in [-0.3, -0.25) is 0 Å². The van der Waals surface area contributed by atoms with Crippen molar-refractivity contribution in [2.45, 2.75) is 6.42 Å². The smallest absolute Gasteiger partial charge is 0.232 e. The number of aromatic nitrogens is 2. The highest BCUT2D eigenvalue weighted by Crippen LogP contribution is 2.21. The molecule has 0 atom stereocenters. The van der Waals surface area contributed by atoms with Crippen LogP contribution in [-0.2, 0) is 10.0 Å². The topological polar surface area (TPSA) is 107 Å². The second kappa shape index (κ2) is 6.12. The van der Waals surface area contributed by atoms with Crippen molar-refractivity contribution in [3.63, 3.8) is 0 Å². The van der Waals surface area contributed by atoms with Crippen LogP contribution in [0.2, 0.25) is 0 Å². The first-order valence-corrected chi connectivity index (χ1v) is 7.24. The molecule has 96 valence electrons. The van der Waals surface area contributed by atoms with Gasteiger partial charge in [-0.15, -0.1) is 0 Å². The zero-order valence-corrected chi connectivity index (χ0v) is 11.6. The molecule has 0 spiro atoms. The molecule has 0 amide bonds. The van der Waals surface area contributed by atoms with E-state index in [1.807, 2.05) is 0 Å². The summed E-state index contributed by atoms with van der Waals surface area (Å²) in [5.74, 6) is 0.710. The van der Waals surface area contributed by atoms with Gasteiger partial charge in [-0.25, -0.2) is 18.5 Å². The number of primary sulfonamides is 1. The van der Waals surface area contributed by atoms with Gasteiger partial charge in [-0.2, -0.15) is 4.98 Å². The highest BCUT2D eigenvalue weighted by molar-refractivity contribution is 9.10. The van der Waals surface area contributed by atoms with Crippen molar-refractivity contribution in [1.82, 2.24) is 9.97 Å². The molecular formula is C8H13BrN4O3S. The monoisotopic (exact) mass is 324 g/mol. The number of methoxy groups -OCH3 is 1. The van der Waals surface area contributed by atoms with Crippen LogP contribution in [0.1, 0.15) is 6.42 Å². The fourth-order valence-corrected chi connectivity index (χ4v) is 1.95. The van der Waals surface area contributed by atoms with Crippen LogP contribution in [0.5, 0.6) is 5.88 Å². The summed E-state index contributed by atoms with van der Waals surface area (Å²) in [5.41, 5.74) is 0. The number of nitrogens with two attached hydrogens (primary N) is 1. The molecule has 7 nitrogen and oxygen atoms in total. The summed E-state index contributed by atoms with van der Waals surface area (Å²) in [6, 6.07) is 0. The van der Waals surface area contributed by atoms with Crippen LogP contribution in [0.3, 0.4) is 0 Å². The Balaban J connectivity index is 2.47. The van der Waals surface area contributed by atoms with E-state index in [1.165, 1.54) is 7.11 Å². The van der Waals surface area contributed by atoms with Crippen LogP contribution in [0, 0.1) is 0 Å². The number of ether oxygens (including phenoxy) is 1. The maximum atomic E-state index is 10.7. The third-order valence-electron chi connectivity index (χ3n) is 1.79. The van der Waals surface area contributed by atoms with Gasteiger partial charge in [0.1, 0.15) is 0 Å². The molecule has 3 N–H and O–H groups in total. The van der Waals surface area contributed by atoms with Crippen molar-refractivity contribution in [2.24, 2.45) is 5.14 Å². The molecule has 1 aromatic rings. The summed E-state index contributed by atoms with van der Waals surface area (Å²) < 4.78 is 27.0. The molecule has 1 heterocycles. The van der Waals surface area contributed by atoms with E-state index in [4.69, 9.17) is 9.88 Å². The average molecular weight is 325 g/mol. The molecule has 0 fully saturated rings. The predicted molar refractivity (Wildman–Crippen MR) is 67.4 cm³/mol. The SMILES string of the molecule is COc1nc(NCCCS(N)(=O)=O)ncc1Br. The maximum Gasteiger partial charge on any atom is 0.232 e. The molecule has 1 aromatic heterocycles. The Morgan fingerprint density at radius 1 is 1.59 bits per heavy atom. The van der Waals surface area contributed by atoms with Gasteiger partial charge < -0.3 is 10.1 Å². The summed E-state index contributed by atoms with van der Waals surface area (Å²) in [7, 11) is -1.91. The van der Waals surface area contributed by atoms with Crippen LogP contribution >= 0.6 is 15.9 Å². The van der Waals surface area contributed by atoms with Gasteiger partial charge >= 0.3 is 0 Å². The van der Waals surface area contributed by atoms with E-state index in [0.29, 0.717) is 29.3 Å². The van der Waals surface area contributed by atoms with Crippen LogP contribution in [0.25, 0.3) is 0 Å². The minimum Gasteiger partial charge on any atom is -0.480 e.